The van der Waals surface area contributed by atoms with E-state index < -0.39 is 0 Å². The molecule has 4 nitrogen and oxygen atoms in total. The molecule has 3 aromatic carbocycles. The highest BCUT2D eigenvalue weighted by molar-refractivity contribution is 6.30. The Bertz CT molecular complexity index is 884. The third kappa shape index (κ3) is 5.28. The number of nitrogens with one attached hydrogen (secondary N) is 1. The average Bonchev–Trinajstić information content (AvgIpc) is 2.74. The van der Waals surface area contributed by atoms with E-state index in [0.29, 0.717) is 10.7 Å². The number of aliphatic hydroxyl groups is 1. The van der Waals surface area contributed by atoms with E-state index in [1.54, 1.807) is 12.1 Å². The zero-order chi connectivity index (χ0) is 19.8. The van der Waals surface area contributed by atoms with E-state index in [9.17, 15) is 9.90 Å². The molecule has 0 bridgehead atoms. The summed E-state index contributed by atoms with van der Waals surface area (Å²) in [7, 11) is 0. The Balaban J connectivity index is 1.76. The largest absolute Gasteiger partial charge is 0.396 e. The predicted molar refractivity (Wildman–Crippen MR) is 113 cm³/mol. The molecular formula is C23H21ClN2O2. The van der Waals surface area contributed by atoms with Crippen LogP contribution in [0.5, 0.6) is 0 Å². The van der Waals surface area contributed by atoms with Crippen molar-refractivity contribution in [2.24, 2.45) is 5.10 Å². The van der Waals surface area contributed by atoms with E-state index in [1.807, 2.05) is 72.8 Å². The Hall–Kier alpha value is -2.95. The summed E-state index contributed by atoms with van der Waals surface area (Å²) in [5.74, 6) is -0.581. The summed E-state index contributed by atoms with van der Waals surface area (Å²) in [4.78, 5) is 12.5. The lowest BCUT2D eigenvalue weighted by Crippen LogP contribution is -2.23. The zero-order valence-corrected chi connectivity index (χ0v) is 16.0. The van der Waals surface area contributed by atoms with Crippen LogP contribution in [-0.4, -0.2) is 23.3 Å². The molecule has 1 atom stereocenters. The average molecular weight is 393 g/mol. The van der Waals surface area contributed by atoms with Gasteiger partial charge in [-0.2, -0.15) is 5.10 Å². The number of hydrogen-bond donors (Lipinski definition) is 2. The molecule has 0 aliphatic carbocycles. The number of rotatable bonds is 7. The third-order valence-corrected chi connectivity index (χ3v) is 4.63. The first-order chi connectivity index (χ1) is 13.7. The smallest absolute Gasteiger partial charge is 0.240 e. The predicted octanol–water partition coefficient (Wildman–Crippen LogP) is 4.37. The van der Waals surface area contributed by atoms with Gasteiger partial charge in [0.1, 0.15) is 0 Å². The van der Waals surface area contributed by atoms with Crippen LogP contribution in [-0.2, 0) is 4.79 Å². The monoisotopic (exact) mass is 392 g/mol. The van der Waals surface area contributed by atoms with Gasteiger partial charge < -0.3 is 5.11 Å². The molecule has 0 spiro atoms. The van der Waals surface area contributed by atoms with E-state index in [2.05, 4.69) is 10.5 Å². The van der Waals surface area contributed by atoms with Crippen LogP contribution < -0.4 is 5.43 Å². The van der Waals surface area contributed by atoms with Crippen molar-refractivity contribution in [1.29, 1.82) is 0 Å². The maximum atomic E-state index is 12.5. The van der Waals surface area contributed by atoms with Gasteiger partial charge in [-0.15, -0.1) is 0 Å². The second-order valence-electron chi connectivity index (χ2n) is 6.36. The molecule has 0 fully saturated rings. The van der Waals surface area contributed by atoms with Gasteiger partial charge in [0.2, 0.25) is 5.91 Å². The Morgan fingerprint density at radius 1 is 0.893 bits per heavy atom. The molecule has 0 aliphatic heterocycles. The fourth-order valence-electron chi connectivity index (χ4n) is 2.90. The molecule has 3 aromatic rings. The van der Waals surface area contributed by atoms with Crippen LogP contribution in [0.3, 0.4) is 0 Å². The number of hydrogen-bond acceptors (Lipinski definition) is 3. The molecule has 0 aliphatic rings. The normalized spacial score (nSPS) is 11.5. The van der Waals surface area contributed by atoms with Crippen molar-refractivity contribution in [2.45, 2.75) is 12.3 Å². The SMILES string of the molecule is O=C(CC(CO)c1ccc(Cl)cc1)NN=C(c1ccccc1)c1ccccc1. The van der Waals surface area contributed by atoms with Crippen LogP contribution in [0.15, 0.2) is 90.0 Å². The van der Waals surface area contributed by atoms with Crippen molar-refractivity contribution in [2.75, 3.05) is 6.61 Å². The van der Waals surface area contributed by atoms with Gasteiger partial charge in [-0.05, 0) is 17.7 Å². The van der Waals surface area contributed by atoms with Crippen molar-refractivity contribution < 1.29 is 9.90 Å². The van der Waals surface area contributed by atoms with Gasteiger partial charge in [0.25, 0.3) is 0 Å². The zero-order valence-electron chi connectivity index (χ0n) is 15.3. The molecule has 0 aromatic heterocycles. The second-order valence-corrected chi connectivity index (χ2v) is 6.80. The molecule has 0 heterocycles. The number of benzene rings is 3. The Morgan fingerprint density at radius 2 is 1.43 bits per heavy atom. The standard InChI is InChI=1S/C23H21ClN2O2/c24-21-13-11-17(12-14-21)20(16-27)15-22(28)25-26-23(18-7-3-1-4-8-18)19-9-5-2-6-10-19/h1-14,20,27H,15-16H2,(H,25,28). The van der Waals surface area contributed by atoms with Gasteiger partial charge in [-0.3, -0.25) is 4.79 Å². The van der Waals surface area contributed by atoms with Crippen molar-refractivity contribution in [1.82, 2.24) is 5.43 Å². The van der Waals surface area contributed by atoms with Crippen LogP contribution in [0, 0.1) is 0 Å². The number of aliphatic hydroxyl groups excluding tert-OH is 1. The highest BCUT2D eigenvalue weighted by Crippen LogP contribution is 2.21. The molecule has 28 heavy (non-hydrogen) atoms. The highest BCUT2D eigenvalue weighted by Gasteiger charge is 2.16. The summed E-state index contributed by atoms with van der Waals surface area (Å²) >= 11 is 5.91. The maximum absolute atomic E-state index is 12.5. The van der Waals surface area contributed by atoms with Crippen LogP contribution in [0.1, 0.15) is 29.0 Å². The van der Waals surface area contributed by atoms with Gasteiger partial charge in [0.15, 0.2) is 0 Å². The first-order valence-electron chi connectivity index (χ1n) is 9.01. The summed E-state index contributed by atoms with van der Waals surface area (Å²) in [6.45, 7) is -0.136. The minimum Gasteiger partial charge on any atom is -0.396 e. The number of carbonyl (C=O) groups excluding carboxylic acids is 1. The fourth-order valence-corrected chi connectivity index (χ4v) is 3.02. The van der Waals surface area contributed by atoms with E-state index >= 15 is 0 Å². The van der Waals surface area contributed by atoms with Crippen molar-refractivity contribution in [3.8, 4) is 0 Å². The first kappa shape index (κ1) is 19.8. The summed E-state index contributed by atoms with van der Waals surface area (Å²) in [6, 6.07) is 26.5. The van der Waals surface area contributed by atoms with E-state index in [-0.39, 0.29) is 24.9 Å². The Labute approximate surface area is 169 Å². The lowest BCUT2D eigenvalue weighted by Gasteiger charge is -2.14. The number of halogens is 1. The van der Waals surface area contributed by atoms with Crippen LogP contribution in [0.4, 0.5) is 0 Å². The molecule has 1 unspecified atom stereocenters. The van der Waals surface area contributed by atoms with Crippen molar-refractivity contribution >= 4 is 23.2 Å². The van der Waals surface area contributed by atoms with E-state index in [1.165, 1.54) is 0 Å². The molecule has 1 amide bonds. The van der Waals surface area contributed by atoms with Crippen molar-refractivity contribution in [3.63, 3.8) is 0 Å². The summed E-state index contributed by atoms with van der Waals surface area (Å²) < 4.78 is 0. The Morgan fingerprint density at radius 3 is 1.93 bits per heavy atom. The summed E-state index contributed by atoms with van der Waals surface area (Å²) in [5.41, 5.74) is 5.99. The topological polar surface area (TPSA) is 61.7 Å². The number of nitrogens with zero attached hydrogens (tertiary/aromatic N) is 1. The molecule has 0 saturated carbocycles. The van der Waals surface area contributed by atoms with Crippen LogP contribution in [0.2, 0.25) is 5.02 Å². The second kappa shape index (κ2) is 9.83. The maximum Gasteiger partial charge on any atom is 0.240 e. The summed E-state index contributed by atoms with van der Waals surface area (Å²) in [5, 5.41) is 14.7. The number of hydrazone groups is 1. The highest BCUT2D eigenvalue weighted by atomic mass is 35.5. The van der Waals surface area contributed by atoms with Gasteiger partial charge in [-0.1, -0.05) is 84.4 Å². The van der Waals surface area contributed by atoms with Crippen LogP contribution >= 0.6 is 11.6 Å². The van der Waals surface area contributed by atoms with E-state index in [4.69, 9.17) is 11.6 Å². The van der Waals surface area contributed by atoms with Gasteiger partial charge in [0.05, 0.1) is 12.3 Å². The van der Waals surface area contributed by atoms with Gasteiger partial charge in [-0.25, -0.2) is 5.43 Å². The Kier molecular flexibility index (Phi) is 6.95. The molecule has 2 N–H and O–H groups in total. The lowest BCUT2D eigenvalue weighted by atomic mass is 9.96. The summed E-state index contributed by atoms with van der Waals surface area (Å²) in [6.07, 6.45) is 0.124. The number of carbonyl (C=O) groups is 1. The molecule has 0 saturated heterocycles. The fraction of sp³-hybridized carbons (Fsp3) is 0.130. The van der Waals surface area contributed by atoms with E-state index in [0.717, 1.165) is 16.7 Å². The van der Waals surface area contributed by atoms with Gasteiger partial charge in [0, 0.05) is 28.5 Å². The van der Waals surface area contributed by atoms with Crippen molar-refractivity contribution in [3.05, 3.63) is 107 Å². The van der Waals surface area contributed by atoms with Crippen LogP contribution in [0.25, 0.3) is 0 Å². The first-order valence-corrected chi connectivity index (χ1v) is 9.39. The molecule has 5 heteroatoms. The quantitative estimate of drug-likeness (QED) is 0.463. The van der Waals surface area contributed by atoms with Gasteiger partial charge >= 0.3 is 0 Å². The minimum absolute atomic E-state index is 0.124. The molecule has 3 rings (SSSR count). The molecule has 142 valence electrons. The number of amides is 1. The molecular weight excluding hydrogens is 372 g/mol. The lowest BCUT2D eigenvalue weighted by molar-refractivity contribution is -0.121. The molecule has 0 radical (unpaired) electrons. The third-order valence-electron chi connectivity index (χ3n) is 4.38. The minimum atomic E-state index is -0.315.